The fourth-order valence-corrected chi connectivity index (χ4v) is 1.85. The number of nitrogens with zero attached hydrogens (tertiary/aromatic N) is 4. The first-order chi connectivity index (χ1) is 8.52. The summed E-state index contributed by atoms with van der Waals surface area (Å²) in [6.07, 6.45) is 3.13. The number of amides is 1. The van der Waals surface area contributed by atoms with Crippen LogP contribution in [0.1, 0.15) is 10.5 Å². The van der Waals surface area contributed by atoms with E-state index in [0.717, 1.165) is 0 Å². The molecule has 0 aromatic carbocycles. The molecule has 0 atom stereocenters. The van der Waals surface area contributed by atoms with Gasteiger partial charge in [-0.05, 0) is 12.1 Å². The first-order valence-corrected chi connectivity index (χ1v) is 5.83. The molecule has 0 saturated heterocycles. The Hall–Kier alpha value is -1.59. The zero-order valence-electron chi connectivity index (χ0n) is 9.76. The largest absolute Gasteiger partial charge is 0.329 e. The lowest BCUT2D eigenvalue weighted by atomic mass is 10.4. The monoisotopic (exact) mass is 284 g/mol. The summed E-state index contributed by atoms with van der Waals surface area (Å²) in [5.41, 5.74) is 0.375. The molecule has 1 amide bonds. The SMILES string of the molecule is CN(C(=O)c1cc(Cl)c(Cl)n1C)c1ncccn1. The van der Waals surface area contributed by atoms with Gasteiger partial charge < -0.3 is 4.57 Å². The zero-order valence-corrected chi connectivity index (χ0v) is 11.3. The number of anilines is 1. The van der Waals surface area contributed by atoms with Gasteiger partial charge in [-0.3, -0.25) is 9.69 Å². The molecule has 0 bridgehead atoms. The van der Waals surface area contributed by atoms with Crippen LogP contribution in [0.15, 0.2) is 24.5 Å². The molecule has 18 heavy (non-hydrogen) atoms. The van der Waals surface area contributed by atoms with Crippen LogP contribution in [0.3, 0.4) is 0 Å². The maximum absolute atomic E-state index is 12.2. The third-order valence-electron chi connectivity index (χ3n) is 2.49. The van der Waals surface area contributed by atoms with E-state index in [4.69, 9.17) is 23.2 Å². The van der Waals surface area contributed by atoms with Crippen LogP contribution in [-0.2, 0) is 7.05 Å². The molecule has 0 aliphatic heterocycles. The average Bonchev–Trinajstić information content (AvgIpc) is 2.66. The highest BCUT2D eigenvalue weighted by Gasteiger charge is 2.21. The second-order valence-electron chi connectivity index (χ2n) is 3.64. The molecule has 0 N–H and O–H groups in total. The molecule has 2 rings (SSSR count). The first kappa shape index (κ1) is 12.9. The lowest BCUT2D eigenvalue weighted by molar-refractivity contribution is 0.0984. The standard InChI is InChI=1S/C11H10Cl2N4O/c1-16-8(6-7(12)9(16)13)10(18)17(2)11-14-4-3-5-15-11/h3-6H,1-2H3. The van der Waals surface area contributed by atoms with Gasteiger partial charge in [0.15, 0.2) is 0 Å². The van der Waals surface area contributed by atoms with E-state index in [9.17, 15) is 4.79 Å². The number of hydrogen-bond donors (Lipinski definition) is 0. The Morgan fingerprint density at radius 1 is 1.33 bits per heavy atom. The molecule has 94 valence electrons. The minimum absolute atomic E-state index is 0.280. The summed E-state index contributed by atoms with van der Waals surface area (Å²) in [5, 5.41) is 0.660. The normalized spacial score (nSPS) is 10.4. The van der Waals surface area contributed by atoms with E-state index < -0.39 is 0 Å². The van der Waals surface area contributed by atoms with Crippen LogP contribution in [-0.4, -0.2) is 27.5 Å². The molecule has 0 unspecified atom stereocenters. The highest BCUT2D eigenvalue weighted by atomic mass is 35.5. The van der Waals surface area contributed by atoms with E-state index in [1.807, 2.05) is 0 Å². The topological polar surface area (TPSA) is 51.0 Å². The molecule has 0 aliphatic rings. The van der Waals surface area contributed by atoms with E-state index in [1.54, 1.807) is 32.6 Å². The maximum atomic E-state index is 12.2. The number of halogens is 2. The molecular formula is C11H10Cl2N4O. The van der Waals surface area contributed by atoms with Crippen molar-refractivity contribution in [3.63, 3.8) is 0 Å². The number of carbonyl (C=O) groups is 1. The van der Waals surface area contributed by atoms with Crippen molar-refractivity contribution >= 4 is 35.1 Å². The van der Waals surface area contributed by atoms with Crippen molar-refractivity contribution in [2.75, 3.05) is 11.9 Å². The van der Waals surface area contributed by atoms with Crippen LogP contribution in [0.25, 0.3) is 0 Å². The first-order valence-electron chi connectivity index (χ1n) is 5.08. The highest BCUT2D eigenvalue weighted by Crippen LogP contribution is 2.26. The molecular weight excluding hydrogens is 275 g/mol. The van der Waals surface area contributed by atoms with Gasteiger partial charge in [-0.1, -0.05) is 23.2 Å². The Bertz CT molecular complexity index is 582. The van der Waals surface area contributed by atoms with Gasteiger partial charge in [-0.25, -0.2) is 9.97 Å². The van der Waals surface area contributed by atoms with Crippen molar-refractivity contribution in [2.45, 2.75) is 0 Å². The van der Waals surface area contributed by atoms with Gasteiger partial charge in [0.25, 0.3) is 5.91 Å². The lowest BCUT2D eigenvalue weighted by Gasteiger charge is -2.14. The molecule has 2 aromatic heterocycles. The fourth-order valence-electron chi connectivity index (χ4n) is 1.47. The van der Waals surface area contributed by atoms with Crippen LogP contribution in [0.4, 0.5) is 5.95 Å². The maximum Gasteiger partial charge on any atom is 0.277 e. The Morgan fingerprint density at radius 3 is 2.44 bits per heavy atom. The zero-order chi connectivity index (χ0) is 13.3. The van der Waals surface area contributed by atoms with Crippen LogP contribution in [0.2, 0.25) is 10.2 Å². The second kappa shape index (κ2) is 4.96. The van der Waals surface area contributed by atoms with Gasteiger partial charge in [-0.2, -0.15) is 0 Å². The minimum Gasteiger partial charge on any atom is -0.329 e. The molecule has 0 saturated carbocycles. The molecule has 0 aliphatic carbocycles. The highest BCUT2D eigenvalue weighted by molar-refractivity contribution is 6.42. The summed E-state index contributed by atoms with van der Waals surface area (Å²) in [6, 6.07) is 3.20. The Morgan fingerprint density at radius 2 is 1.94 bits per heavy atom. The molecule has 0 fully saturated rings. The molecule has 0 radical (unpaired) electrons. The summed E-state index contributed by atoms with van der Waals surface area (Å²) in [4.78, 5) is 21.6. The van der Waals surface area contributed by atoms with Gasteiger partial charge in [-0.15, -0.1) is 0 Å². The Balaban J connectivity index is 2.35. The Kier molecular flexibility index (Phi) is 3.54. The van der Waals surface area contributed by atoms with Crippen molar-refractivity contribution in [1.82, 2.24) is 14.5 Å². The smallest absolute Gasteiger partial charge is 0.277 e. The summed E-state index contributed by atoms with van der Waals surface area (Å²) >= 11 is 11.8. The molecule has 7 heteroatoms. The molecule has 2 aromatic rings. The van der Waals surface area contributed by atoms with E-state index in [2.05, 4.69) is 9.97 Å². The van der Waals surface area contributed by atoms with E-state index in [1.165, 1.54) is 15.5 Å². The van der Waals surface area contributed by atoms with Gasteiger partial charge in [0.2, 0.25) is 5.95 Å². The summed E-state index contributed by atoms with van der Waals surface area (Å²) in [5.74, 6) is 0.0356. The van der Waals surface area contributed by atoms with E-state index >= 15 is 0 Å². The number of aromatic nitrogens is 3. The van der Waals surface area contributed by atoms with Gasteiger partial charge in [0.05, 0.1) is 5.02 Å². The summed E-state index contributed by atoms with van der Waals surface area (Å²) in [6.45, 7) is 0. The average molecular weight is 285 g/mol. The third kappa shape index (κ3) is 2.19. The predicted octanol–water partition coefficient (Wildman–Crippen LogP) is 2.40. The van der Waals surface area contributed by atoms with Gasteiger partial charge >= 0.3 is 0 Å². The molecule has 0 spiro atoms. The van der Waals surface area contributed by atoms with Crippen LogP contribution < -0.4 is 4.90 Å². The van der Waals surface area contributed by atoms with Crippen molar-refractivity contribution < 1.29 is 4.79 Å². The predicted molar refractivity (Wildman–Crippen MR) is 70.2 cm³/mol. The summed E-state index contributed by atoms with van der Waals surface area (Å²) in [7, 11) is 3.26. The molecule has 2 heterocycles. The van der Waals surface area contributed by atoms with Gasteiger partial charge in [0, 0.05) is 26.5 Å². The Labute approximate surface area is 114 Å². The van der Waals surface area contributed by atoms with Crippen molar-refractivity contribution in [3.05, 3.63) is 40.4 Å². The third-order valence-corrected chi connectivity index (χ3v) is 3.33. The number of hydrogen-bond acceptors (Lipinski definition) is 3. The number of carbonyl (C=O) groups excluding carboxylic acids is 1. The lowest BCUT2D eigenvalue weighted by Crippen LogP contribution is -2.29. The minimum atomic E-state index is -0.280. The van der Waals surface area contributed by atoms with Crippen LogP contribution >= 0.6 is 23.2 Å². The second-order valence-corrected chi connectivity index (χ2v) is 4.41. The molecule has 5 nitrogen and oxygen atoms in total. The van der Waals surface area contributed by atoms with E-state index in [0.29, 0.717) is 21.8 Å². The van der Waals surface area contributed by atoms with Crippen molar-refractivity contribution in [3.8, 4) is 0 Å². The van der Waals surface area contributed by atoms with Crippen molar-refractivity contribution in [1.29, 1.82) is 0 Å². The van der Waals surface area contributed by atoms with E-state index in [-0.39, 0.29) is 5.91 Å². The van der Waals surface area contributed by atoms with Gasteiger partial charge in [0.1, 0.15) is 10.8 Å². The van der Waals surface area contributed by atoms with Crippen LogP contribution in [0, 0.1) is 0 Å². The summed E-state index contributed by atoms with van der Waals surface area (Å²) < 4.78 is 1.52. The van der Waals surface area contributed by atoms with Crippen LogP contribution in [0.5, 0.6) is 0 Å². The van der Waals surface area contributed by atoms with Crippen molar-refractivity contribution in [2.24, 2.45) is 7.05 Å². The fraction of sp³-hybridized carbons (Fsp3) is 0.182. The quantitative estimate of drug-likeness (QED) is 0.851. The number of rotatable bonds is 2.